The molecule has 2 aromatic rings. The predicted molar refractivity (Wildman–Crippen MR) is 110 cm³/mol. The zero-order valence-electron chi connectivity index (χ0n) is 16.1. The van der Waals surface area contributed by atoms with E-state index in [1.54, 1.807) is 6.08 Å². The number of rotatable bonds is 4. The second-order valence-corrected chi connectivity index (χ2v) is 9.77. The zero-order valence-corrected chi connectivity index (χ0v) is 17.0. The van der Waals surface area contributed by atoms with Crippen molar-refractivity contribution in [2.24, 2.45) is 0 Å². The summed E-state index contributed by atoms with van der Waals surface area (Å²) in [5.41, 5.74) is 1.81. The molecule has 1 aromatic carbocycles. The standard InChI is InChI=1S/C21H26N2O4S/c1-2-19-18(17-5-3-4-6-20(17)27-19)7-8-21(24)23-12-10-22(11-13-23)16-9-14-28(25,26)15-16/h3-8,16H,2,9-15H2,1H3/b8-7+. The minimum absolute atomic E-state index is 0.00831. The molecule has 28 heavy (non-hydrogen) atoms. The van der Waals surface area contributed by atoms with E-state index in [4.69, 9.17) is 4.42 Å². The van der Waals surface area contributed by atoms with Gasteiger partial charge in [-0.15, -0.1) is 0 Å². The molecule has 0 saturated carbocycles. The van der Waals surface area contributed by atoms with Gasteiger partial charge in [0.2, 0.25) is 5.91 Å². The summed E-state index contributed by atoms with van der Waals surface area (Å²) >= 11 is 0. The molecule has 3 heterocycles. The fraction of sp³-hybridized carbons (Fsp3) is 0.476. The maximum atomic E-state index is 12.7. The van der Waals surface area contributed by atoms with E-state index in [2.05, 4.69) is 4.90 Å². The molecule has 1 unspecified atom stereocenters. The summed E-state index contributed by atoms with van der Waals surface area (Å²) in [6.07, 6.45) is 4.98. The van der Waals surface area contributed by atoms with Crippen LogP contribution >= 0.6 is 0 Å². The number of fused-ring (bicyclic) bond motifs is 1. The number of para-hydroxylation sites is 1. The number of furan rings is 1. The SMILES string of the molecule is CCc1oc2ccccc2c1/C=C/C(=O)N1CCN(C2CCS(=O)(=O)C2)CC1. The van der Waals surface area contributed by atoms with Crippen molar-refractivity contribution in [3.8, 4) is 0 Å². The molecule has 0 aliphatic carbocycles. The van der Waals surface area contributed by atoms with E-state index in [0.29, 0.717) is 19.5 Å². The lowest BCUT2D eigenvalue weighted by Gasteiger charge is -2.37. The third kappa shape index (κ3) is 3.86. The lowest BCUT2D eigenvalue weighted by Crippen LogP contribution is -2.52. The van der Waals surface area contributed by atoms with E-state index < -0.39 is 9.84 Å². The first-order valence-corrected chi connectivity index (χ1v) is 11.7. The average molecular weight is 403 g/mol. The van der Waals surface area contributed by atoms with E-state index in [1.165, 1.54) is 0 Å². The first-order chi connectivity index (χ1) is 13.5. The van der Waals surface area contributed by atoms with Crippen LogP contribution in [0.5, 0.6) is 0 Å². The molecule has 2 aliphatic heterocycles. The summed E-state index contributed by atoms with van der Waals surface area (Å²) in [6.45, 7) is 4.77. The Kier molecular flexibility index (Phi) is 5.29. The molecule has 150 valence electrons. The first-order valence-electron chi connectivity index (χ1n) is 9.88. The molecule has 4 rings (SSSR count). The Morgan fingerprint density at radius 3 is 2.64 bits per heavy atom. The number of amides is 1. The van der Waals surface area contributed by atoms with Gasteiger partial charge in [-0.1, -0.05) is 25.1 Å². The van der Waals surface area contributed by atoms with Crippen LogP contribution in [0.3, 0.4) is 0 Å². The smallest absolute Gasteiger partial charge is 0.246 e. The van der Waals surface area contributed by atoms with Crippen LogP contribution in [-0.2, 0) is 21.1 Å². The Morgan fingerprint density at radius 2 is 1.96 bits per heavy atom. The van der Waals surface area contributed by atoms with Gasteiger partial charge >= 0.3 is 0 Å². The number of hydrogen-bond acceptors (Lipinski definition) is 5. The lowest BCUT2D eigenvalue weighted by molar-refractivity contribution is -0.127. The monoisotopic (exact) mass is 402 g/mol. The Morgan fingerprint density at radius 1 is 1.21 bits per heavy atom. The Labute approximate surface area is 165 Å². The van der Waals surface area contributed by atoms with Gasteiger partial charge in [0.1, 0.15) is 11.3 Å². The molecule has 0 N–H and O–H groups in total. The normalized spacial score (nSPS) is 23.0. The second-order valence-electron chi connectivity index (χ2n) is 7.54. The Bertz CT molecular complexity index is 1000. The topological polar surface area (TPSA) is 70.8 Å². The van der Waals surface area contributed by atoms with Gasteiger partial charge in [-0.25, -0.2) is 8.42 Å². The maximum Gasteiger partial charge on any atom is 0.246 e. The van der Waals surface area contributed by atoms with E-state index in [-0.39, 0.29) is 23.5 Å². The molecule has 1 amide bonds. The van der Waals surface area contributed by atoms with Crippen molar-refractivity contribution in [3.05, 3.63) is 41.7 Å². The summed E-state index contributed by atoms with van der Waals surface area (Å²) in [4.78, 5) is 16.7. The Hall–Kier alpha value is -2.12. The number of carbonyl (C=O) groups excluding carboxylic acids is 1. The molecule has 2 fully saturated rings. The van der Waals surface area contributed by atoms with E-state index in [1.807, 2.05) is 42.2 Å². The third-order valence-corrected chi connectivity index (χ3v) is 7.53. The first kappa shape index (κ1) is 19.2. The van der Waals surface area contributed by atoms with Crippen LogP contribution in [0.1, 0.15) is 24.7 Å². The van der Waals surface area contributed by atoms with Crippen LogP contribution in [0.4, 0.5) is 0 Å². The molecule has 2 aliphatic rings. The van der Waals surface area contributed by atoms with E-state index in [9.17, 15) is 13.2 Å². The van der Waals surface area contributed by atoms with Gasteiger partial charge in [0.05, 0.1) is 11.5 Å². The zero-order chi connectivity index (χ0) is 19.7. The minimum Gasteiger partial charge on any atom is -0.460 e. The maximum absolute atomic E-state index is 12.7. The summed E-state index contributed by atoms with van der Waals surface area (Å²) in [6, 6.07) is 7.98. The molecule has 0 spiro atoms. The molecule has 0 bridgehead atoms. The highest BCUT2D eigenvalue weighted by Gasteiger charge is 2.34. The number of carbonyl (C=O) groups is 1. The molecule has 1 aromatic heterocycles. The van der Waals surface area contributed by atoms with E-state index in [0.717, 1.165) is 41.8 Å². The van der Waals surface area contributed by atoms with Gasteiger partial charge in [-0.3, -0.25) is 9.69 Å². The quantitative estimate of drug-likeness (QED) is 0.734. The largest absolute Gasteiger partial charge is 0.460 e. The molecule has 6 nitrogen and oxygen atoms in total. The van der Waals surface area contributed by atoms with E-state index >= 15 is 0 Å². The van der Waals surface area contributed by atoms with Crippen LogP contribution in [0, 0.1) is 0 Å². The molecular formula is C21H26N2O4S. The Balaban J connectivity index is 1.40. The molecule has 1 atom stereocenters. The highest BCUT2D eigenvalue weighted by molar-refractivity contribution is 7.91. The van der Waals surface area contributed by atoms with Crippen LogP contribution in [0.15, 0.2) is 34.8 Å². The summed E-state index contributed by atoms with van der Waals surface area (Å²) < 4.78 is 29.3. The molecular weight excluding hydrogens is 376 g/mol. The number of sulfone groups is 1. The van der Waals surface area contributed by atoms with Crippen LogP contribution in [0.2, 0.25) is 0 Å². The van der Waals surface area contributed by atoms with Crippen molar-refractivity contribution in [1.29, 1.82) is 0 Å². The van der Waals surface area contributed by atoms with Crippen molar-refractivity contribution >= 4 is 32.8 Å². The summed E-state index contributed by atoms with van der Waals surface area (Å²) in [5, 5.41) is 1.02. The summed E-state index contributed by atoms with van der Waals surface area (Å²) in [5.74, 6) is 1.43. The number of aryl methyl sites for hydroxylation is 1. The number of nitrogens with zero attached hydrogens (tertiary/aromatic N) is 2. The van der Waals surface area contributed by atoms with Crippen molar-refractivity contribution in [2.45, 2.75) is 25.8 Å². The highest BCUT2D eigenvalue weighted by atomic mass is 32.2. The third-order valence-electron chi connectivity index (χ3n) is 5.78. The fourth-order valence-electron chi connectivity index (χ4n) is 4.19. The number of hydrogen-bond donors (Lipinski definition) is 0. The lowest BCUT2D eigenvalue weighted by atomic mass is 10.1. The predicted octanol–water partition coefficient (Wildman–Crippen LogP) is 2.34. The van der Waals surface area contributed by atoms with Gasteiger partial charge in [0, 0.05) is 55.7 Å². The molecule has 2 saturated heterocycles. The number of piperazine rings is 1. The average Bonchev–Trinajstić information content (AvgIpc) is 3.25. The van der Waals surface area contributed by atoms with Gasteiger partial charge < -0.3 is 9.32 Å². The summed E-state index contributed by atoms with van der Waals surface area (Å²) in [7, 11) is -2.88. The van der Waals surface area contributed by atoms with Gasteiger partial charge in [0.15, 0.2) is 9.84 Å². The van der Waals surface area contributed by atoms with Gasteiger partial charge in [-0.05, 0) is 18.6 Å². The van der Waals surface area contributed by atoms with Crippen LogP contribution in [-0.4, -0.2) is 67.9 Å². The van der Waals surface area contributed by atoms with Crippen molar-refractivity contribution in [3.63, 3.8) is 0 Å². The van der Waals surface area contributed by atoms with Crippen molar-refractivity contribution in [2.75, 3.05) is 37.7 Å². The van der Waals surface area contributed by atoms with Gasteiger partial charge in [-0.2, -0.15) is 0 Å². The second kappa shape index (κ2) is 7.72. The number of benzene rings is 1. The van der Waals surface area contributed by atoms with Crippen LogP contribution in [0.25, 0.3) is 17.0 Å². The van der Waals surface area contributed by atoms with Crippen molar-refractivity contribution < 1.29 is 17.6 Å². The van der Waals surface area contributed by atoms with Crippen LogP contribution < -0.4 is 0 Å². The van der Waals surface area contributed by atoms with Gasteiger partial charge in [0.25, 0.3) is 0 Å². The molecule has 7 heteroatoms. The highest BCUT2D eigenvalue weighted by Crippen LogP contribution is 2.27. The van der Waals surface area contributed by atoms with Crippen molar-refractivity contribution in [1.82, 2.24) is 9.80 Å². The molecule has 0 radical (unpaired) electrons. The fourth-order valence-corrected chi connectivity index (χ4v) is 5.95. The minimum atomic E-state index is -2.88.